The molecular formula is C28H40N6O2. The summed E-state index contributed by atoms with van der Waals surface area (Å²) in [5.74, 6) is 1.89. The van der Waals surface area contributed by atoms with Gasteiger partial charge in [-0.05, 0) is 44.9 Å². The average molecular weight is 493 g/mol. The van der Waals surface area contributed by atoms with Gasteiger partial charge in [0.25, 0.3) is 0 Å². The van der Waals surface area contributed by atoms with Crippen LogP contribution in [0, 0.1) is 11.3 Å². The lowest BCUT2D eigenvalue weighted by molar-refractivity contribution is 0.0968. The highest BCUT2D eigenvalue weighted by Gasteiger charge is 2.32. The number of aromatic nitrogens is 1. The highest BCUT2D eigenvalue weighted by molar-refractivity contribution is 6.07. The van der Waals surface area contributed by atoms with Crippen molar-refractivity contribution >= 4 is 40.9 Å². The van der Waals surface area contributed by atoms with Crippen molar-refractivity contribution in [3.63, 3.8) is 0 Å². The second-order valence-electron chi connectivity index (χ2n) is 7.23. The Morgan fingerprint density at radius 3 is 2.39 bits per heavy atom. The molecule has 1 saturated carbocycles. The maximum absolute atomic E-state index is 12.9. The average Bonchev–Trinajstić information content (AvgIpc) is 3.76. The van der Waals surface area contributed by atoms with E-state index in [-0.39, 0.29) is 17.5 Å². The zero-order valence-corrected chi connectivity index (χ0v) is 22.8. The fraction of sp³-hybridized carbons (Fsp3) is 0.393. The van der Waals surface area contributed by atoms with E-state index in [1.165, 1.54) is 0 Å². The summed E-state index contributed by atoms with van der Waals surface area (Å²) < 4.78 is 5.60. The van der Waals surface area contributed by atoms with Crippen LogP contribution in [-0.2, 0) is 0 Å². The van der Waals surface area contributed by atoms with E-state index in [0.717, 1.165) is 12.8 Å². The molecule has 1 aromatic carbocycles. The van der Waals surface area contributed by atoms with Crippen LogP contribution >= 0.6 is 0 Å². The smallest absolute Gasteiger partial charge is 0.169 e. The Morgan fingerprint density at radius 2 is 1.83 bits per heavy atom. The van der Waals surface area contributed by atoms with E-state index in [1.54, 1.807) is 45.6 Å². The van der Waals surface area contributed by atoms with Gasteiger partial charge in [-0.15, -0.1) is 0 Å². The number of nitrogens with one attached hydrogen (secondary N) is 3. The van der Waals surface area contributed by atoms with Gasteiger partial charge in [0.05, 0.1) is 29.6 Å². The molecule has 1 aliphatic carbocycles. The van der Waals surface area contributed by atoms with Crippen molar-refractivity contribution in [2.24, 2.45) is 15.9 Å². The van der Waals surface area contributed by atoms with Crippen molar-refractivity contribution in [2.45, 2.75) is 54.4 Å². The van der Waals surface area contributed by atoms with Crippen LogP contribution < -0.4 is 15.4 Å². The van der Waals surface area contributed by atoms with E-state index in [4.69, 9.17) is 10.1 Å². The first-order chi connectivity index (χ1) is 17.5. The minimum Gasteiger partial charge on any atom is -0.494 e. The fourth-order valence-electron chi connectivity index (χ4n) is 3.24. The summed E-state index contributed by atoms with van der Waals surface area (Å²) >= 11 is 0. The van der Waals surface area contributed by atoms with Gasteiger partial charge in [0.2, 0.25) is 0 Å². The molecule has 0 unspecified atom stereocenters. The summed E-state index contributed by atoms with van der Waals surface area (Å²) in [5.41, 5.74) is 2.30. The van der Waals surface area contributed by atoms with E-state index < -0.39 is 0 Å². The topological polar surface area (TPSA) is 112 Å². The normalized spacial score (nSPS) is 12.8. The van der Waals surface area contributed by atoms with Crippen LogP contribution in [0.3, 0.4) is 0 Å². The number of hydrogen-bond donors (Lipinski definition) is 3. The molecule has 0 radical (unpaired) electrons. The molecule has 0 amide bonds. The third-order valence-electron chi connectivity index (χ3n) is 4.94. The number of amidine groups is 2. The highest BCUT2D eigenvalue weighted by atomic mass is 16.5. The Hall–Kier alpha value is -3.81. The second-order valence-corrected chi connectivity index (χ2v) is 7.23. The maximum Gasteiger partial charge on any atom is 0.169 e. The Bertz CT molecular complexity index is 1100. The van der Waals surface area contributed by atoms with Gasteiger partial charge in [-0.25, -0.2) is 9.98 Å². The third-order valence-corrected chi connectivity index (χ3v) is 4.94. The zero-order valence-electron chi connectivity index (χ0n) is 22.8. The van der Waals surface area contributed by atoms with Gasteiger partial charge in [-0.3, -0.25) is 15.2 Å². The van der Waals surface area contributed by atoms with E-state index in [1.807, 2.05) is 58.9 Å². The SMILES string of the molecule is CC.CC.CC=NC(=N)c1cccc(Nc2cc(NC(/C=C\C)=NC)ncc2C(=O)C2CC2)c1OC. The number of ether oxygens (including phenoxy) is 1. The number of hydrogen-bond acceptors (Lipinski definition) is 6. The molecule has 0 aliphatic heterocycles. The van der Waals surface area contributed by atoms with Crippen molar-refractivity contribution in [1.82, 2.24) is 4.98 Å². The summed E-state index contributed by atoms with van der Waals surface area (Å²) in [7, 11) is 3.24. The first-order valence-electron chi connectivity index (χ1n) is 12.4. The van der Waals surface area contributed by atoms with E-state index in [2.05, 4.69) is 25.6 Å². The van der Waals surface area contributed by atoms with Crippen molar-refractivity contribution in [2.75, 3.05) is 24.8 Å². The number of carbonyl (C=O) groups excluding carboxylic acids is 1. The van der Waals surface area contributed by atoms with Crippen LogP contribution in [-0.4, -0.2) is 42.8 Å². The second kappa shape index (κ2) is 16.0. The number of ketones is 1. The maximum atomic E-state index is 12.9. The molecular weight excluding hydrogens is 452 g/mol. The number of aliphatic imine (C=N–C) groups is 2. The number of pyridine rings is 1. The van der Waals surface area contributed by atoms with E-state index >= 15 is 0 Å². The number of para-hydroxylation sites is 1. The third kappa shape index (κ3) is 8.15. The molecule has 36 heavy (non-hydrogen) atoms. The minimum absolute atomic E-state index is 0.0484. The lowest BCUT2D eigenvalue weighted by atomic mass is 10.1. The van der Waals surface area contributed by atoms with Gasteiger partial charge in [0, 0.05) is 31.4 Å². The van der Waals surface area contributed by atoms with Gasteiger partial charge < -0.3 is 15.4 Å². The molecule has 1 heterocycles. The van der Waals surface area contributed by atoms with Gasteiger partial charge >= 0.3 is 0 Å². The number of allylic oxidation sites excluding steroid dienone is 1. The molecule has 1 fully saturated rings. The van der Waals surface area contributed by atoms with Crippen molar-refractivity contribution in [1.29, 1.82) is 5.41 Å². The molecule has 3 N–H and O–H groups in total. The molecule has 194 valence electrons. The van der Waals surface area contributed by atoms with Crippen molar-refractivity contribution < 1.29 is 9.53 Å². The van der Waals surface area contributed by atoms with E-state index in [9.17, 15) is 4.79 Å². The number of Topliss-reactive ketones (excluding diaryl/α,β-unsaturated/α-hetero) is 1. The molecule has 8 nitrogen and oxygen atoms in total. The van der Waals surface area contributed by atoms with Crippen LogP contribution in [0.2, 0.25) is 0 Å². The molecule has 1 aliphatic rings. The Kier molecular flexibility index (Phi) is 13.4. The summed E-state index contributed by atoms with van der Waals surface area (Å²) in [6.07, 6.45) is 8.67. The lowest BCUT2D eigenvalue weighted by Gasteiger charge is -2.17. The number of carbonyl (C=O) groups is 1. The Balaban J connectivity index is 0.00000154. The first kappa shape index (κ1) is 30.2. The van der Waals surface area contributed by atoms with Crippen LogP contribution in [0.25, 0.3) is 0 Å². The summed E-state index contributed by atoms with van der Waals surface area (Å²) in [6.45, 7) is 11.7. The molecule has 0 bridgehead atoms. The standard InChI is InChI=1S/C24H28N6O2.2C2H6/c1-5-8-20(26-3)30-21-13-19(17(14-28-21)22(31)15-11-12-15)29-18-10-7-9-16(23(18)32-4)24(25)27-6-2;2*1-2/h5-10,13-15,25H,11-12H2,1-4H3,(H2,26,28,29,30);2*1-2H3/b8-5-,25-24?,27-6?;;. The van der Waals surface area contributed by atoms with Crippen LogP contribution in [0.15, 0.2) is 52.6 Å². The monoisotopic (exact) mass is 492 g/mol. The summed E-state index contributed by atoms with van der Waals surface area (Å²) in [6, 6.07) is 7.21. The summed E-state index contributed by atoms with van der Waals surface area (Å²) in [4.78, 5) is 25.6. The van der Waals surface area contributed by atoms with E-state index in [0.29, 0.717) is 39.9 Å². The first-order valence-corrected chi connectivity index (χ1v) is 12.4. The van der Waals surface area contributed by atoms with Crippen molar-refractivity contribution in [3.8, 4) is 5.75 Å². The quantitative estimate of drug-likeness (QED) is 0.210. The van der Waals surface area contributed by atoms with Crippen LogP contribution in [0.5, 0.6) is 5.75 Å². The number of rotatable bonds is 8. The van der Waals surface area contributed by atoms with Crippen molar-refractivity contribution in [3.05, 3.63) is 53.7 Å². The summed E-state index contributed by atoms with van der Waals surface area (Å²) in [5, 5.41) is 14.7. The van der Waals surface area contributed by atoms with Gasteiger partial charge in [-0.2, -0.15) is 0 Å². The lowest BCUT2D eigenvalue weighted by Crippen LogP contribution is -2.13. The number of benzene rings is 1. The predicted octanol–water partition coefficient (Wildman–Crippen LogP) is 6.91. The minimum atomic E-state index is 0.0484. The zero-order chi connectivity index (χ0) is 27.1. The Morgan fingerprint density at radius 1 is 1.14 bits per heavy atom. The molecule has 1 aromatic heterocycles. The molecule has 3 rings (SSSR count). The van der Waals surface area contributed by atoms with Crippen LogP contribution in [0.4, 0.5) is 17.2 Å². The molecule has 0 atom stereocenters. The van der Waals surface area contributed by atoms with Gasteiger partial charge in [0.1, 0.15) is 11.7 Å². The molecule has 2 aromatic rings. The van der Waals surface area contributed by atoms with Gasteiger partial charge in [-0.1, -0.05) is 39.8 Å². The fourth-order valence-corrected chi connectivity index (χ4v) is 3.24. The molecule has 0 saturated heterocycles. The highest BCUT2D eigenvalue weighted by Crippen LogP contribution is 2.37. The Labute approximate surface area is 215 Å². The number of nitrogens with zero attached hydrogens (tertiary/aromatic N) is 3. The largest absolute Gasteiger partial charge is 0.494 e. The van der Waals surface area contributed by atoms with Gasteiger partial charge in [0.15, 0.2) is 17.4 Å². The molecule has 0 spiro atoms. The van der Waals surface area contributed by atoms with Crippen LogP contribution in [0.1, 0.15) is 70.3 Å². The molecule has 8 heteroatoms. The number of methoxy groups -OCH3 is 1. The number of anilines is 3. The predicted molar refractivity (Wildman–Crippen MR) is 153 cm³/mol.